The summed E-state index contributed by atoms with van der Waals surface area (Å²) in [6.45, 7) is 7.06. The average Bonchev–Trinajstić information content (AvgIpc) is 3.89. The first-order chi connectivity index (χ1) is 25.6. The number of benzene rings is 2. The minimum absolute atomic E-state index is 0.0411. The van der Waals surface area contributed by atoms with Crippen molar-refractivity contribution in [3.8, 4) is 5.69 Å². The molecule has 3 amide bonds. The lowest BCUT2D eigenvalue weighted by Crippen LogP contribution is -2.64. The van der Waals surface area contributed by atoms with Crippen LogP contribution < -0.4 is 16.0 Å². The number of fused-ring (bicyclic) bond motifs is 6. The van der Waals surface area contributed by atoms with Crippen LogP contribution in [0.2, 0.25) is 0 Å². The lowest BCUT2D eigenvalue weighted by Gasteiger charge is -2.60. The molecule has 3 saturated carbocycles. The predicted molar refractivity (Wildman–Crippen MR) is 199 cm³/mol. The Bertz CT molecular complexity index is 2040. The zero-order chi connectivity index (χ0) is 37.0. The molecule has 4 aliphatic carbocycles. The van der Waals surface area contributed by atoms with E-state index in [1.165, 1.54) is 11.8 Å². The number of rotatable bonds is 8. The molecule has 0 aliphatic heterocycles. The van der Waals surface area contributed by atoms with E-state index in [1.807, 2.05) is 72.4 Å². The van der Waals surface area contributed by atoms with E-state index in [9.17, 15) is 19.5 Å². The average molecular weight is 718 g/mol. The molecule has 2 aromatic carbocycles. The third-order valence-electron chi connectivity index (χ3n) is 12.9. The first kappa shape index (κ1) is 34.9. The van der Waals surface area contributed by atoms with E-state index in [0.29, 0.717) is 38.0 Å². The molecule has 4 aliphatic rings. The van der Waals surface area contributed by atoms with Crippen LogP contribution in [-0.2, 0) is 22.5 Å². The molecule has 2 aromatic heterocycles. The van der Waals surface area contributed by atoms with Gasteiger partial charge in [0.25, 0.3) is 5.91 Å². The normalized spacial score (nSPS) is 29.8. The highest BCUT2D eigenvalue weighted by molar-refractivity contribution is 5.93. The molecular weight excluding hydrogens is 670 g/mol. The number of urea groups is 1. The second kappa shape index (κ2) is 13.4. The summed E-state index contributed by atoms with van der Waals surface area (Å²) in [4.78, 5) is 40.0. The molecule has 0 bridgehead atoms. The topological polar surface area (TPSA) is 148 Å². The Morgan fingerprint density at radius 2 is 1.81 bits per heavy atom. The van der Waals surface area contributed by atoms with E-state index < -0.39 is 23.1 Å². The van der Waals surface area contributed by atoms with Gasteiger partial charge in [-0.3, -0.25) is 4.79 Å². The zero-order valence-corrected chi connectivity index (χ0v) is 30.4. The Morgan fingerprint density at radius 3 is 2.55 bits per heavy atom. The standard InChI is InChI=1S/C42H47N5O6/c1-4-43-39(51)46-29-13-15-30(16-14-29)47-33-21-28-12-17-31-32-18-19-42(53-37(49)35-11-8-20-52-35,38(50)44-24-26-9-6-5-7-10-26)41(32,3)23-34(48)36(31)40(28,2)22-27(33)25-45-47/h5-11,13-16,20-21,25,31-32,34,36,48H,4,12,17-19,22-24H2,1-3H3,(H,44,50)(H2,43,46,51)/t31?,32?,34-,36?,40-,41-,42?/m0/s1. The third-order valence-corrected chi connectivity index (χ3v) is 12.9. The number of hydrogen-bond donors (Lipinski definition) is 4. The summed E-state index contributed by atoms with van der Waals surface area (Å²) >= 11 is 0. The number of allylic oxidation sites excluding steroid dienone is 1. The maximum Gasteiger partial charge on any atom is 0.375 e. The Labute approximate surface area is 309 Å². The van der Waals surface area contributed by atoms with Gasteiger partial charge in [-0.2, -0.15) is 5.10 Å². The highest BCUT2D eigenvalue weighted by Gasteiger charge is 2.71. The van der Waals surface area contributed by atoms with Crippen molar-refractivity contribution in [1.82, 2.24) is 20.4 Å². The van der Waals surface area contributed by atoms with Gasteiger partial charge in [0.15, 0.2) is 5.60 Å². The summed E-state index contributed by atoms with van der Waals surface area (Å²) < 4.78 is 13.7. The molecule has 0 spiro atoms. The third kappa shape index (κ3) is 5.76. The maximum absolute atomic E-state index is 14.5. The lowest BCUT2D eigenvalue weighted by molar-refractivity contribution is -0.182. The maximum atomic E-state index is 14.5. The minimum Gasteiger partial charge on any atom is -0.457 e. The van der Waals surface area contributed by atoms with E-state index in [2.05, 4.69) is 35.9 Å². The highest BCUT2D eigenvalue weighted by atomic mass is 16.6. The predicted octanol–water partition coefficient (Wildman–Crippen LogP) is 6.67. The summed E-state index contributed by atoms with van der Waals surface area (Å²) in [5.41, 5.74) is 3.40. The van der Waals surface area contributed by atoms with Crippen LogP contribution >= 0.6 is 0 Å². The zero-order valence-electron chi connectivity index (χ0n) is 30.4. The van der Waals surface area contributed by atoms with Gasteiger partial charge in [0.2, 0.25) is 5.76 Å². The van der Waals surface area contributed by atoms with E-state index in [4.69, 9.17) is 14.3 Å². The minimum atomic E-state index is -1.48. The molecule has 3 fully saturated rings. The van der Waals surface area contributed by atoms with Crippen molar-refractivity contribution in [2.75, 3.05) is 11.9 Å². The van der Waals surface area contributed by atoms with Crippen LogP contribution in [0.3, 0.4) is 0 Å². The molecule has 7 atom stereocenters. The van der Waals surface area contributed by atoms with Crippen LogP contribution in [0.4, 0.5) is 10.5 Å². The van der Waals surface area contributed by atoms with Crippen LogP contribution in [0.15, 0.2) is 89.2 Å². The van der Waals surface area contributed by atoms with Crippen LogP contribution in [0.5, 0.6) is 0 Å². The molecule has 276 valence electrons. The molecule has 0 saturated heterocycles. The number of hydrogen-bond acceptors (Lipinski definition) is 7. The molecule has 53 heavy (non-hydrogen) atoms. The number of aromatic nitrogens is 2. The molecule has 4 N–H and O–H groups in total. The van der Waals surface area contributed by atoms with Crippen molar-refractivity contribution in [2.45, 2.75) is 77.5 Å². The van der Waals surface area contributed by atoms with Gasteiger partial charge in [-0.15, -0.1) is 0 Å². The number of carbonyl (C=O) groups excluding carboxylic acids is 3. The first-order valence-electron chi connectivity index (χ1n) is 18.8. The van der Waals surface area contributed by atoms with Crippen molar-refractivity contribution < 1.29 is 28.6 Å². The molecular formula is C42H47N5O6. The Hall–Kier alpha value is -5.16. The molecule has 4 unspecified atom stereocenters. The fourth-order valence-corrected chi connectivity index (χ4v) is 10.5. The van der Waals surface area contributed by atoms with Gasteiger partial charge in [-0.05, 0) is 122 Å². The smallest absolute Gasteiger partial charge is 0.375 e. The SMILES string of the molecule is CCNC(=O)Nc1ccc(-n2ncc3c2C=C2CCC4C([C@@H](O)C[C@@]5(C)C4CCC5(OC(=O)c4ccco4)C(=O)NCc4ccccc4)[C@@]2(C)C3)cc1. The van der Waals surface area contributed by atoms with E-state index in [0.717, 1.165) is 41.8 Å². The number of amides is 3. The molecule has 8 rings (SSSR count). The number of anilines is 1. The number of esters is 1. The number of ether oxygens (including phenoxy) is 1. The van der Waals surface area contributed by atoms with Crippen LogP contribution in [0.25, 0.3) is 11.8 Å². The van der Waals surface area contributed by atoms with Crippen LogP contribution in [0, 0.1) is 28.6 Å². The van der Waals surface area contributed by atoms with Crippen molar-refractivity contribution in [3.05, 3.63) is 107 Å². The molecule has 2 heterocycles. The number of aliphatic hydroxyl groups excluding tert-OH is 1. The fraction of sp³-hybridized carbons (Fsp3) is 0.429. The van der Waals surface area contributed by atoms with E-state index in [1.54, 1.807) is 12.1 Å². The van der Waals surface area contributed by atoms with Gasteiger partial charge in [-0.1, -0.05) is 49.8 Å². The van der Waals surface area contributed by atoms with Gasteiger partial charge >= 0.3 is 12.0 Å². The second-order valence-corrected chi connectivity index (χ2v) is 15.7. The summed E-state index contributed by atoms with van der Waals surface area (Å²) in [6, 6.07) is 20.3. The van der Waals surface area contributed by atoms with Crippen molar-refractivity contribution >= 4 is 29.7 Å². The Morgan fingerprint density at radius 1 is 1.02 bits per heavy atom. The molecule has 0 radical (unpaired) electrons. The van der Waals surface area contributed by atoms with Crippen molar-refractivity contribution in [2.24, 2.45) is 28.6 Å². The van der Waals surface area contributed by atoms with Gasteiger partial charge in [0.05, 0.1) is 29.9 Å². The van der Waals surface area contributed by atoms with Gasteiger partial charge < -0.3 is 30.2 Å². The van der Waals surface area contributed by atoms with Crippen molar-refractivity contribution in [3.63, 3.8) is 0 Å². The molecule has 11 nitrogen and oxygen atoms in total. The number of carbonyl (C=O) groups is 3. The quantitative estimate of drug-likeness (QED) is 0.149. The number of aliphatic hydroxyl groups is 1. The Kier molecular flexibility index (Phi) is 8.80. The van der Waals surface area contributed by atoms with E-state index in [-0.39, 0.29) is 40.9 Å². The summed E-state index contributed by atoms with van der Waals surface area (Å²) in [7, 11) is 0. The van der Waals surface area contributed by atoms with Crippen LogP contribution in [0.1, 0.15) is 80.3 Å². The van der Waals surface area contributed by atoms with Gasteiger partial charge in [0, 0.05) is 24.2 Å². The first-order valence-corrected chi connectivity index (χ1v) is 18.8. The molecule has 11 heteroatoms. The Balaban J connectivity index is 1.07. The number of nitrogens with one attached hydrogen (secondary N) is 3. The van der Waals surface area contributed by atoms with Gasteiger partial charge in [-0.25, -0.2) is 14.3 Å². The highest BCUT2D eigenvalue weighted by Crippen LogP contribution is 2.68. The second-order valence-electron chi connectivity index (χ2n) is 15.7. The van der Waals surface area contributed by atoms with Crippen LogP contribution in [-0.4, -0.2) is 51.0 Å². The molecule has 4 aromatic rings. The van der Waals surface area contributed by atoms with Crippen molar-refractivity contribution in [1.29, 1.82) is 0 Å². The summed E-state index contributed by atoms with van der Waals surface area (Å²) in [5, 5.41) is 25.8. The summed E-state index contributed by atoms with van der Waals surface area (Å²) in [5.74, 6) is -0.820. The number of furan rings is 1. The van der Waals surface area contributed by atoms with Gasteiger partial charge in [0.1, 0.15) is 0 Å². The monoisotopic (exact) mass is 717 g/mol. The van der Waals surface area contributed by atoms with E-state index >= 15 is 0 Å². The number of nitrogens with zero attached hydrogens (tertiary/aromatic N) is 2. The lowest BCUT2D eigenvalue weighted by atomic mass is 9.45. The fourth-order valence-electron chi connectivity index (χ4n) is 10.5. The largest absolute Gasteiger partial charge is 0.457 e. The summed E-state index contributed by atoms with van der Waals surface area (Å²) in [6.07, 6.45) is 8.76.